The van der Waals surface area contributed by atoms with Crippen LogP contribution in [0.5, 0.6) is 0 Å². The fraction of sp³-hybridized carbons (Fsp3) is 0.280. The number of fused-ring (bicyclic) bond motifs is 2. The minimum Gasteiger partial charge on any atom is -0.441 e. The molecule has 1 aliphatic heterocycles. The Balaban J connectivity index is 1.15. The average molecular weight is 399 g/mol. The summed E-state index contributed by atoms with van der Waals surface area (Å²) in [5, 5.41) is 2.60. The van der Waals surface area contributed by atoms with E-state index in [4.69, 9.17) is 4.42 Å². The van der Waals surface area contributed by atoms with Gasteiger partial charge in [0.05, 0.1) is 0 Å². The van der Waals surface area contributed by atoms with Crippen molar-refractivity contribution >= 4 is 27.8 Å². The lowest BCUT2D eigenvalue weighted by Crippen LogP contribution is -2.48. The summed E-state index contributed by atoms with van der Waals surface area (Å²) >= 11 is 0. The Morgan fingerprint density at radius 1 is 0.900 bits per heavy atom. The van der Waals surface area contributed by atoms with Crippen LogP contribution in [0.3, 0.4) is 0 Å². The van der Waals surface area contributed by atoms with E-state index in [1.165, 1.54) is 16.3 Å². The number of hydrogen-bond donors (Lipinski definition) is 0. The maximum Gasteiger partial charge on any atom is 0.223 e. The van der Waals surface area contributed by atoms with Gasteiger partial charge < -0.3 is 9.32 Å². The molecule has 1 amide bonds. The first-order valence-corrected chi connectivity index (χ1v) is 10.6. The van der Waals surface area contributed by atoms with Crippen LogP contribution in [0.4, 0.5) is 0 Å². The lowest BCUT2D eigenvalue weighted by molar-refractivity contribution is -0.133. The van der Waals surface area contributed by atoms with E-state index in [-0.39, 0.29) is 5.91 Å². The van der Waals surface area contributed by atoms with Crippen LogP contribution in [-0.2, 0) is 17.8 Å². The highest BCUT2D eigenvalue weighted by Gasteiger charge is 2.22. The third kappa shape index (κ3) is 3.94. The van der Waals surface area contributed by atoms with Crippen molar-refractivity contribution in [3.63, 3.8) is 0 Å². The SMILES string of the molecule is O=C(CCc1nc2ccccc2o1)N1CCN(Cc2cccc3ccccc23)CC1. The molecule has 0 radical (unpaired) electrons. The molecule has 152 valence electrons. The lowest BCUT2D eigenvalue weighted by Gasteiger charge is -2.35. The summed E-state index contributed by atoms with van der Waals surface area (Å²) in [5.41, 5.74) is 2.98. The quantitative estimate of drug-likeness (QED) is 0.503. The summed E-state index contributed by atoms with van der Waals surface area (Å²) < 4.78 is 5.73. The molecular weight excluding hydrogens is 374 g/mol. The lowest BCUT2D eigenvalue weighted by atomic mass is 10.0. The predicted octanol–water partition coefficient (Wildman–Crippen LogP) is 4.26. The number of hydrogen-bond acceptors (Lipinski definition) is 4. The van der Waals surface area contributed by atoms with Gasteiger partial charge in [0.25, 0.3) is 0 Å². The molecule has 0 bridgehead atoms. The second-order valence-electron chi connectivity index (χ2n) is 7.87. The van der Waals surface area contributed by atoms with Gasteiger partial charge >= 0.3 is 0 Å². The van der Waals surface area contributed by atoms with Crippen LogP contribution in [-0.4, -0.2) is 46.9 Å². The number of carbonyl (C=O) groups excluding carboxylic acids is 1. The minimum absolute atomic E-state index is 0.182. The molecule has 30 heavy (non-hydrogen) atoms. The maximum atomic E-state index is 12.7. The first kappa shape index (κ1) is 18.8. The van der Waals surface area contributed by atoms with Gasteiger partial charge in [-0.3, -0.25) is 9.69 Å². The van der Waals surface area contributed by atoms with Gasteiger partial charge in [0.15, 0.2) is 11.5 Å². The van der Waals surface area contributed by atoms with Crippen molar-refractivity contribution in [3.8, 4) is 0 Å². The van der Waals surface area contributed by atoms with Gasteiger partial charge in [-0.2, -0.15) is 0 Å². The van der Waals surface area contributed by atoms with Gasteiger partial charge in [0, 0.05) is 45.6 Å². The van der Waals surface area contributed by atoms with E-state index >= 15 is 0 Å². The highest BCUT2D eigenvalue weighted by atomic mass is 16.3. The third-order valence-corrected chi connectivity index (χ3v) is 5.89. The Bertz CT molecular complexity index is 1140. The second kappa shape index (κ2) is 8.28. The molecule has 2 heterocycles. The van der Waals surface area contributed by atoms with Crippen LogP contribution in [0.25, 0.3) is 21.9 Å². The van der Waals surface area contributed by atoms with Crippen molar-refractivity contribution < 1.29 is 9.21 Å². The van der Waals surface area contributed by atoms with Crippen LogP contribution in [0.2, 0.25) is 0 Å². The molecule has 1 fully saturated rings. The van der Waals surface area contributed by atoms with Crippen LogP contribution >= 0.6 is 0 Å². The van der Waals surface area contributed by atoms with Crippen molar-refractivity contribution in [3.05, 3.63) is 78.2 Å². The zero-order valence-electron chi connectivity index (χ0n) is 17.0. The number of carbonyl (C=O) groups is 1. The first-order chi connectivity index (χ1) is 14.8. The van der Waals surface area contributed by atoms with E-state index in [1.54, 1.807) is 0 Å². The zero-order chi connectivity index (χ0) is 20.3. The second-order valence-corrected chi connectivity index (χ2v) is 7.87. The molecule has 5 rings (SSSR count). The van der Waals surface area contributed by atoms with Crippen molar-refractivity contribution in [2.24, 2.45) is 0 Å². The molecule has 0 N–H and O–H groups in total. The van der Waals surface area contributed by atoms with Gasteiger partial charge in [-0.15, -0.1) is 0 Å². The molecule has 1 aromatic heterocycles. The number of oxazole rings is 1. The summed E-state index contributed by atoms with van der Waals surface area (Å²) in [4.78, 5) is 21.5. The van der Waals surface area contributed by atoms with Crippen LogP contribution in [0.15, 0.2) is 71.1 Å². The highest BCUT2D eigenvalue weighted by Crippen LogP contribution is 2.21. The van der Waals surface area contributed by atoms with E-state index in [1.807, 2.05) is 29.2 Å². The van der Waals surface area contributed by atoms with Crippen molar-refractivity contribution in [2.45, 2.75) is 19.4 Å². The number of amides is 1. The predicted molar refractivity (Wildman–Crippen MR) is 118 cm³/mol. The Hall–Kier alpha value is -3.18. The van der Waals surface area contributed by atoms with Gasteiger partial charge in [0.2, 0.25) is 5.91 Å². The zero-order valence-corrected chi connectivity index (χ0v) is 17.0. The van der Waals surface area contributed by atoms with Crippen molar-refractivity contribution in [1.82, 2.24) is 14.8 Å². The largest absolute Gasteiger partial charge is 0.441 e. The fourth-order valence-electron chi connectivity index (χ4n) is 4.23. The summed E-state index contributed by atoms with van der Waals surface area (Å²) in [7, 11) is 0. The molecule has 5 nitrogen and oxygen atoms in total. The summed E-state index contributed by atoms with van der Waals surface area (Å²) in [6.07, 6.45) is 0.986. The monoisotopic (exact) mass is 399 g/mol. The Labute approximate surface area is 175 Å². The maximum absolute atomic E-state index is 12.7. The van der Waals surface area contributed by atoms with Crippen molar-refractivity contribution in [1.29, 1.82) is 0 Å². The van der Waals surface area contributed by atoms with Crippen LogP contribution in [0, 0.1) is 0 Å². The Morgan fingerprint density at radius 2 is 1.67 bits per heavy atom. The third-order valence-electron chi connectivity index (χ3n) is 5.89. The standard InChI is InChI=1S/C25H25N3O2/c29-25(13-12-24-26-22-10-3-4-11-23(22)30-24)28-16-14-27(15-17-28)18-20-8-5-7-19-6-1-2-9-21(19)20/h1-11H,12-18H2. The molecule has 0 atom stereocenters. The first-order valence-electron chi connectivity index (χ1n) is 10.6. The molecule has 1 aliphatic rings. The molecule has 5 heteroatoms. The number of nitrogens with zero attached hydrogens (tertiary/aromatic N) is 3. The highest BCUT2D eigenvalue weighted by molar-refractivity contribution is 5.85. The normalized spacial score (nSPS) is 15.1. The minimum atomic E-state index is 0.182. The van der Waals surface area contributed by atoms with Crippen LogP contribution in [0.1, 0.15) is 17.9 Å². The Kier molecular flexibility index (Phi) is 5.20. The summed E-state index contributed by atoms with van der Waals surface area (Å²) in [6.45, 7) is 4.27. The van der Waals surface area contributed by atoms with E-state index < -0.39 is 0 Å². The smallest absolute Gasteiger partial charge is 0.223 e. The molecule has 1 saturated heterocycles. The molecule has 0 saturated carbocycles. The number of benzene rings is 3. The fourth-order valence-corrected chi connectivity index (χ4v) is 4.23. The van der Waals surface area contributed by atoms with Gasteiger partial charge in [-0.25, -0.2) is 4.98 Å². The van der Waals surface area contributed by atoms with Gasteiger partial charge in [-0.05, 0) is 28.5 Å². The molecule has 0 aliphatic carbocycles. The molecule has 0 unspecified atom stereocenters. The Morgan fingerprint density at radius 3 is 2.53 bits per heavy atom. The number of rotatable bonds is 5. The number of aryl methyl sites for hydroxylation is 1. The number of piperazine rings is 1. The molecule has 3 aromatic carbocycles. The van der Waals surface area contributed by atoms with Gasteiger partial charge in [0.1, 0.15) is 5.52 Å². The van der Waals surface area contributed by atoms with E-state index in [0.29, 0.717) is 18.7 Å². The number of para-hydroxylation sites is 2. The van der Waals surface area contributed by atoms with Crippen molar-refractivity contribution in [2.75, 3.05) is 26.2 Å². The topological polar surface area (TPSA) is 49.6 Å². The van der Waals surface area contributed by atoms with E-state index in [9.17, 15) is 4.79 Å². The number of aromatic nitrogens is 1. The summed E-state index contributed by atoms with van der Waals surface area (Å²) in [6, 6.07) is 22.7. The van der Waals surface area contributed by atoms with E-state index in [2.05, 4.69) is 52.3 Å². The average Bonchev–Trinajstić information content (AvgIpc) is 3.21. The molecular formula is C25H25N3O2. The molecule has 4 aromatic rings. The summed E-state index contributed by atoms with van der Waals surface area (Å²) in [5.74, 6) is 0.821. The van der Waals surface area contributed by atoms with Crippen LogP contribution < -0.4 is 0 Å². The van der Waals surface area contributed by atoms with Gasteiger partial charge in [-0.1, -0.05) is 54.6 Å². The molecule has 0 spiro atoms. The van der Waals surface area contributed by atoms with E-state index in [0.717, 1.165) is 43.8 Å².